The van der Waals surface area contributed by atoms with Gasteiger partial charge in [-0.05, 0) is 31.7 Å². The van der Waals surface area contributed by atoms with Crippen molar-refractivity contribution in [3.05, 3.63) is 35.9 Å². The van der Waals surface area contributed by atoms with Gasteiger partial charge in [-0.3, -0.25) is 0 Å². The third kappa shape index (κ3) is 4.53. The second-order valence-electron chi connectivity index (χ2n) is 5.79. The van der Waals surface area contributed by atoms with Crippen molar-refractivity contribution in [3.8, 4) is 0 Å². The molecule has 0 saturated carbocycles. The molecule has 1 aliphatic rings. The average Bonchev–Trinajstić information content (AvgIpc) is 2.48. The van der Waals surface area contributed by atoms with Crippen LogP contribution in [0.1, 0.15) is 44.7 Å². The Hall–Kier alpha value is -0.910. The molecule has 1 saturated heterocycles. The number of hydrogen-bond donors (Lipinski definition) is 1. The molecule has 118 valence electrons. The van der Waals surface area contributed by atoms with Gasteiger partial charge in [-0.15, -0.1) is 0 Å². The van der Waals surface area contributed by atoms with Crippen LogP contribution in [0.2, 0.25) is 0 Å². The van der Waals surface area contributed by atoms with Gasteiger partial charge in [-0.25, -0.2) is 12.7 Å². The Balaban J connectivity index is 1.85. The number of benzene rings is 1. The first-order valence-electron chi connectivity index (χ1n) is 7.81. The van der Waals surface area contributed by atoms with Gasteiger partial charge in [0.25, 0.3) is 0 Å². The average molecular weight is 310 g/mol. The van der Waals surface area contributed by atoms with Gasteiger partial charge in [0, 0.05) is 25.2 Å². The summed E-state index contributed by atoms with van der Waals surface area (Å²) < 4.78 is 25.7. The van der Waals surface area contributed by atoms with Gasteiger partial charge in [-0.1, -0.05) is 37.3 Å². The lowest BCUT2D eigenvalue weighted by atomic mass is 10.0. The molecular formula is C16H26N2O2S. The van der Waals surface area contributed by atoms with Gasteiger partial charge < -0.3 is 5.32 Å². The number of piperidine rings is 1. The van der Waals surface area contributed by atoms with Gasteiger partial charge in [0.2, 0.25) is 10.0 Å². The van der Waals surface area contributed by atoms with Crippen LogP contribution >= 0.6 is 0 Å². The molecule has 0 aliphatic carbocycles. The molecule has 0 bridgehead atoms. The summed E-state index contributed by atoms with van der Waals surface area (Å²) in [6, 6.07) is 11.1. The fourth-order valence-corrected chi connectivity index (χ4v) is 4.42. The second kappa shape index (κ2) is 7.38. The van der Waals surface area contributed by atoms with Crippen molar-refractivity contribution < 1.29 is 8.42 Å². The summed E-state index contributed by atoms with van der Waals surface area (Å²) >= 11 is 0. The Morgan fingerprint density at radius 2 is 1.86 bits per heavy atom. The highest BCUT2D eigenvalue weighted by Gasteiger charge is 2.27. The van der Waals surface area contributed by atoms with Gasteiger partial charge in [0.1, 0.15) is 0 Å². The van der Waals surface area contributed by atoms with Crippen LogP contribution in [0.25, 0.3) is 0 Å². The van der Waals surface area contributed by atoms with E-state index in [0.29, 0.717) is 31.6 Å². The second-order valence-corrected chi connectivity index (χ2v) is 7.88. The van der Waals surface area contributed by atoms with Crippen LogP contribution in [0, 0.1) is 0 Å². The Labute approximate surface area is 128 Å². The van der Waals surface area contributed by atoms with Gasteiger partial charge >= 0.3 is 0 Å². The molecule has 0 amide bonds. The van der Waals surface area contributed by atoms with Crippen molar-refractivity contribution >= 4 is 10.0 Å². The highest BCUT2D eigenvalue weighted by atomic mass is 32.2. The third-order valence-electron chi connectivity index (χ3n) is 4.09. The van der Waals surface area contributed by atoms with Crippen molar-refractivity contribution in [2.45, 2.75) is 45.2 Å². The first kappa shape index (κ1) is 16.5. The summed E-state index contributed by atoms with van der Waals surface area (Å²) in [5.41, 5.74) is 1.28. The summed E-state index contributed by atoms with van der Waals surface area (Å²) in [6.07, 6.45) is 2.46. The summed E-state index contributed by atoms with van der Waals surface area (Å²) in [5, 5.41) is 3.62. The molecule has 0 aromatic heterocycles. The lowest BCUT2D eigenvalue weighted by Gasteiger charge is -2.33. The Morgan fingerprint density at radius 3 is 2.43 bits per heavy atom. The number of sulfonamides is 1. The monoisotopic (exact) mass is 310 g/mol. The molecule has 1 N–H and O–H groups in total. The Bertz CT molecular complexity index is 522. The molecule has 0 radical (unpaired) electrons. The van der Waals surface area contributed by atoms with E-state index in [2.05, 4.69) is 24.4 Å². The van der Waals surface area contributed by atoms with E-state index in [1.54, 1.807) is 4.31 Å². The van der Waals surface area contributed by atoms with Crippen molar-refractivity contribution in [1.29, 1.82) is 0 Å². The quantitative estimate of drug-likeness (QED) is 0.878. The van der Waals surface area contributed by atoms with Gasteiger partial charge in [0.15, 0.2) is 0 Å². The number of rotatable bonds is 6. The summed E-state index contributed by atoms with van der Waals surface area (Å²) in [4.78, 5) is 0. The molecule has 1 aliphatic heterocycles. The fraction of sp³-hybridized carbons (Fsp3) is 0.625. The van der Waals surface area contributed by atoms with E-state index in [1.807, 2.05) is 25.1 Å². The minimum absolute atomic E-state index is 0.269. The standard InChI is InChI=1S/C16H26N2O2S/c1-3-13-21(19,20)18-11-9-16(10-12-18)17-14(2)15-7-5-4-6-8-15/h4-8,14,16-17H,3,9-13H2,1-2H3. The van der Waals surface area contributed by atoms with Gasteiger partial charge in [-0.2, -0.15) is 0 Å². The summed E-state index contributed by atoms with van der Waals surface area (Å²) in [5.74, 6) is 0.269. The Morgan fingerprint density at radius 1 is 1.24 bits per heavy atom. The van der Waals surface area contributed by atoms with E-state index in [1.165, 1.54) is 5.56 Å². The van der Waals surface area contributed by atoms with E-state index >= 15 is 0 Å². The van der Waals surface area contributed by atoms with Crippen LogP contribution in [-0.4, -0.2) is 37.6 Å². The predicted molar refractivity (Wildman–Crippen MR) is 86.7 cm³/mol. The minimum atomic E-state index is -3.03. The molecule has 2 rings (SSSR count). The zero-order chi connectivity index (χ0) is 15.3. The smallest absolute Gasteiger partial charge is 0.214 e. The first-order valence-corrected chi connectivity index (χ1v) is 9.42. The third-order valence-corrected chi connectivity index (χ3v) is 6.17. The zero-order valence-corrected chi connectivity index (χ0v) is 13.8. The van der Waals surface area contributed by atoms with Crippen LogP contribution in [0.4, 0.5) is 0 Å². The molecule has 1 unspecified atom stereocenters. The maximum Gasteiger partial charge on any atom is 0.214 e. The Kier molecular flexibility index (Phi) is 5.79. The maximum atomic E-state index is 12.0. The van der Waals surface area contributed by atoms with Crippen LogP contribution in [0.3, 0.4) is 0 Å². The minimum Gasteiger partial charge on any atom is -0.307 e. The lowest BCUT2D eigenvalue weighted by Crippen LogP contribution is -2.46. The highest BCUT2D eigenvalue weighted by molar-refractivity contribution is 7.89. The summed E-state index contributed by atoms with van der Waals surface area (Å²) in [7, 11) is -3.03. The first-order chi connectivity index (χ1) is 10.0. The molecule has 5 heteroatoms. The lowest BCUT2D eigenvalue weighted by molar-refractivity contribution is 0.277. The normalized spacial score (nSPS) is 19.5. The van der Waals surface area contributed by atoms with E-state index in [-0.39, 0.29) is 5.75 Å². The number of hydrogen-bond acceptors (Lipinski definition) is 3. The SMILES string of the molecule is CCCS(=O)(=O)N1CCC(NC(C)c2ccccc2)CC1. The van der Waals surface area contributed by atoms with Gasteiger partial charge in [0.05, 0.1) is 5.75 Å². The van der Waals surface area contributed by atoms with Crippen LogP contribution in [0.5, 0.6) is 0 Å². The maximum absolute atomic E-state index is 12.0. The zero-order valence-electron chi connectivity index (χ0n) is 13.0. The van der Waals surface area contributed by atoms with E-state index < -0.39 is 10.0 Å². The molecule has 1 fully saturated rings. The predicted octanol–water partition coefficient (Wildman–Crippen LogP) is 2.54. The van der Waals surface area contributed by atoms with Crippen molar-refractivity contribution in [2.24, 2.45) is 0 Å². The molecule has 1 aromatic carbocycles. The number of nitrogens with zero attached hydrogens (tertiary/aromatic N) is 1. The van der Waals surface area contributed by atoms with Crippen LogP contribution < -0.4 is 5.32 Å². The molecule has 21 heavy (non-hydrogen) atoms. The van der Waals surface area contributed by atoms with E-state index in [0.717, 1.165) is 12.8 Å². The van der Waals surface area contributed by atoms with Crippen LogP contribution in [-0.2, 0) is 10.0 Å². The fourth-order valence-electron chi connectivity index (χ4n) is 2.88. The van der Waals surface area contributed by atoms with Crippen molar-refractivity contribution in [2.75, 3.05) is 18.8 Å². The molecule has 1 aromatic rings. The van der Waals surface area contributed by atoms with Crippen molar-refractivity contribution in [1.82, 2.24) is 9.62 Å². The van der Waals surface area contributed by atoms with E-state index in [9.17, 15) is 8.42 Å². The highest BCUT2D eigenvalue weighted by Crippen LogP contribution is 2.19. The molecule has 1 atom stereocenters. The number of nitrogens with one attached hydrogen (secondary N) is 1. The van der Waals surface area contributed by atoms with Crippen molar-refractivity contribution in [3.63, 3.8) is 0 Å². The molecule has 4 nitrogen and oxygen atoms in total. The van der Waals surface area contributed by atoms with E-state index in [4.69, 9.17) is 0 Å². The summed E-state index contributed by atoms with van der Waals surface area (Å²) in [6.45, 7) is 5.35. The molecule has 1 heterocycles. The van der Waals surface area contributed by atoms with Crippen LogP contribution in [0.15, 0.2) is 30.3 Å². The topological polar surface area (TPSA) is 49.4 Å². The molecule has 0 spiro atoms. The largest absolute Gasteiger partial charge is 0.307 e. The molecular weight excluding hydrogens is 284 g/mol.